The minimum atomic E-state index is -0.908. The number of hydrogen-bond acceptors (Lipinski definition) is 5. The van der Waals surface area contributed by atoms with Gasteiger partial charge < -0.3 is 15.7 Å². The molecule has 0 radical (unpaired) electrons. The van der Waals surface area contributed by atoms with E-state index in [0.29, 0.717) is 22.5 Å². The average Bonchev–Trinajstić information content (AvgIpc) is 3.32. The zero-order chi connectivity index (χ0) is 28.2. The molecule has 8 heteroatoms. The van der Waals surface area contributed by atoms with Crippen LogP contribution in [0.4, 0.5) is 11.5 Å². The van der Waals surface area contributed by atoms with Gasteiger partial charge in [-0.2, -0.15) is 5.26 Å². The summed E-state index contributed by atoms with van der Waals surface area (Å²) in [6.07, 6.45) is 6.86. The lowest BCUT2D eigenvalue weighted by Gasteiger charge is -2.30. The van der Waals surface area contributed by atoms with E-state index in [4.69, 9.17) is 4.98 Å². The number of aromatic nitrogens is 2. The van der Waals surface area contributed by atoms with E-state index in [9.17, 15) is 20.0 Å². The number of aryl methyl sites for hydroxylation is 2. The number of rotatable bonds is 8. The molecular weight excluding hydrogens is 502 g/mol. The molecule has 2 aromatic heterocycles. The molecule has 1 aliphatic rings. The molecule has 1 amide bonds. The molecule has 1 unspecified atom stereocenters. The van der Waals surface area contributed by atoms with E-state index in [-0.39, 0.29) is 18.2 Å². The Morgan fingerprint density at radius 2 is 1.77 bits per heavy atom. The Morgan fingerprint density at radius 3 is 2.42 bits per heavy atom. The second kappa shape index (κ2) is 11.6. The van der Waals surface area contributed by atoms with E-state index in [1.165, 1.54) is 0 Å². The van der Waals surface area contributed by atoms with Crippen LogP contribution in [0.1, 0.15) is 65.6 Å². The van der Waals surface area contributed by atoms with Crippen LogP contribution in [-0.2, 0) is 4.79 Å². The van der Waals surface area contributed by atoms with Gasteiger partial charge in [0.15, 0.2) is 0 Å². The summed E-state index contributed by atoms with van der Waals surface area (Å²) in [5.74, 6) is -0.296. The molecule has 0 aliphatic heterocycles. The van der Waals surface area contributed by atoms with Gasteiger partial charge in [-0.3, -0.25) is 14.0 Å². The monoisotopic (exact) mass is 535 g/mol. The molecule has 5 rings (SSSR count). The lowest BCUT2D eigenvalue weighted by Crippen LogP contribution is -2.42. The molecule has 2 heterocycles. The summed E-state index contributed by atoms with van der Waals surface area (Å²) >= 11 is 0. The highest BCUT2D eigenvalue weighted by Gasteiger charge is 2.28. The van der Waals surface area contributed by atoms with Crippen molar-refractivity contribution in [2.45, 2.75) is 58.4 Å². The molecule has 0 bridgehead atoms. The number of benzene rings is 2. The summed E-state index contributed by atoms with van der Waals surface area (Å²) in [4.78, 5) is 29.8. The summed E-state index contributed by atoms with van der Waals surface area (Å²) < 4.78 is 1.91. The molecule has 4 aromatic rings. The third-order valence-corrected chi connectivity index (χ3v) is 7.83. The van der Waals surface area contributed by atoms with Gasteiger partial charge in [0.1, 0.15) is 17.2 Å². The van der Waals surface area contributed by atoms with Gasteiger partial charge in [-0.15, -0.1) is 0 Å². The fourth-order valence-electron chi connectivity index (χ4n) is 5.65. The lowest BCUT2D eigenvalue weighted by atomic mass is 9.82. The molecule has 3 N–H and O–H groups in total. The van der Waals surface area contributed by atoms with Crippen molar-refractivity contribution in [3.05, 3.63) is 83.0 Å². The fourth-order valence-corrected chi connectivity index (χ4v) is 5.65. The zero-order valence-corrected chi connectivity index (χ0v) is 22.8. The van der Waals surface area contributed by atoms with E-state index in [0.717, 1.165) is 60.3 Å². The van der Waals surface area contributed by atoms with Crippen LogP contribution >= 0.6 is 0 Å². The number of fused-ring (bicyclic) bond motifs is 1. The van der Waals surface area contributed by atoms with E-state index in [1.807, 2.05) is 54.8 Å². The normalized spacial score (nSPS) is 14.4. The van der Waals surface area contributed by atoms with Crippen LogP contribution in [0.5, 0.6) is 0 Å². The minimum Gasteiger partial charge on any atom is -0.481 e. The number of hydrogen-bond donors (Lipinski definition) is 3. The third kappa shape index (κ3) is 5.69. The van der Waals surface area contributed by atoms with E-state index in [1.54, 1.807) is 24.3 Å². The third-order valence-electron chi connectivity index (χ3n) is 7.83. The largest absolute Gasteiger partial charge is 0.481 e. The smallest absolute Gasteiger partial charge is 0.305 e. The summed E-state index contributed by atoms with van der Waals surface area (Å²) in [7, 11) is 0. The summed E-state index contributed by atoms with van der Waals surface area (Å²) in [5.41, 5.74) is 6.24. The number of nitriles is 1. The van der Waals surface area contributed by atoms with Crippen molar-refractivity contribution in [1.82, 2.24) is 14.7 Å². The predicted molar refractivity (Wildman–Crippen MR) is 155 cm³/mol. The van der Waals surface area contributed by atoms with Gasteiger partial charge in [0.25, 0.3) is 5.91 Å². The second-order valence-electron chi connectivity index (χ2n) is 10.6. The molecule has 1 saturated carbocycles. The molecule has 40 heavy (non-hydrogen) atoms. The van der Waals surface area contributed by atoms with Crippen LogP contribution in [0.25, 0.3) is 16.9 Å². The van der Waals surface area contributed by atoms with Crippen molar-refractivity contribution in [1.29, 1.82) is 5.26 Å². The quantitative estimate of drug-likeness (QED) is 0.241. The van der Waals surface area contributed by atoms with Crippen molar-refractivity contribution in [3.63, 3.8) is 0 Å². The molecule has 1 atom stereocenters. The number of para-hydroxylation sites is 1. The number of anilines is 2. The highest BCUT2D eigenvalue weighted by atomic mass is 16.4. The molecule has 1 fully saturated rings. The average molecular weight is 536 g/mol. The van der Waals surface area contributed by atoms with Crippen LogP contribution in [0.3, 0.4) is 0 Å². The first-order valence-corrected chi connectivity index (χ1v) is 13.7. The molecule has 2 aromatic carbocycles. The maximum absolute atomic E-state index is 13.3. The number of nitrogens with zero attached hydrogens (tertiary/aromatic N) is 3. The van der Waals surface area contributed by atoms with Gasteiger partial charge in [-0.25, -0.2) is 4.98 Å². The van der Waals surface area contributed by atoms with Crippen LogP contribution in [0.2, 0.25) is 0 Å². The first-order valence-electron chi connectivity index (χ1n) is 13.7. The van der Waals surface area contributed by atoms with Crippen molar-refractivity contribution >= 4 is 29.0 Å². The van der Waals surface area contributed by atoms with E-state index >= 15 is 0 Å². The highest BCUT2D eigenvalue weighted by molar-refractivity contribution is 5.96. The SMILES string of the molecule is Cc1cccc(C)c1Nc1c(-c2ccc(C#N)cc2)nc2cc(C(=O)NC(CC(=O)O)C3CCCCC3)ccn12. The van der Waals surface area contributed by atoms with E-state index < -0.39 is 12.0 Å². The van der Waals surface area contributed by atoms with Gasteiger partial charge in [0, 0.05) is 29.1 Å². The fraction of sp³-hybridized carbons (Fsp3) is 0.312. The number of carbonyl (C=O) groups is 2. The number of amides is 1. The Kier molecular flexibility index (Phi) is 7.83. The van der Waals surface area contributed by atoms with Crippen LogP contribution in [0, 0.1) is 31.1 Å². The second-order valence-corrected chi connectivity index (χ2v) is 10.6. The topological polar surface area (TPSA) is 120 Å². The number of carboxylic acid groups (broad SMARTS) is 1. The Balaban J connectivity index is 1.52. The van der Waals surface area contributed by atoms with Gasteiger partial charge in [0.2, 0.25) is 0 Å². The number of aliphatic carboxylic acids is 1. The number of carbonyl (C=O) groups excluding carboxylic acids is 1. The van der Waals surface area contributed by atoms with Gasteiger partial charge in [-0.1, -0.05) is 49.6 Å². The Hall–Kier alpha value is -4.64. The van der Waals surface area contributed by atoms with Crippen molar-refractivity contribution < 1.29 is 14.7 Å². The summed E-state index contributed by atoms with van der Waals surface area (Å²) in [6, 6.07) is 18.6. The van der Waals surface area contributed by atoms with Crippen molar-refractivity contribution in [2.75, 3.05) is 5.32 Å². The van der Waals surface area contributed by atoms with Gasteiger partial charge in [0.05, 0.1) is 18.1 Å². The summed E-state index contributed by atoms with van der Waals surface area (Å²) in [6.45, 7) is 4.09. The number of pyridine rings is 1. The Morgan fingerprint density at radius 1 is 1.07 bits per heavy atom. The van der Waals surface area contributed by atoms with Crippen LogP contribution in [0.15, 0.2) is 60.8 Å². The number of imidazole rings is 1. The first kappa shape index (κ1) is 26.9. The maximum atomic E-state index is 13.3. The standard InChI is InChI=1S/C32H33N5O3/c1-20-7-6-8-21(2)29(20)36-31-30(24-13-11-22(19-33)12-14-24)35-27-17-25(15-16-37(27)31)32(40)34-26(18-28(38)39)23-9-4-3-5-10-23/h6-8,11-17,23,26,36H,3-5,9-10,18H2,1-2H3,(H,34,40)(H,38,39). The highest BCUT2D eigenvalue weighted by Crippen LogP contribution is 2.34. The summed E-state index contributed by atoms with van der Waals surface area (Å²) in [5, 5.41) is 25.3. The number of carboxylic acids is 1. The Labute approximate surface area is 233 Å². The number of nitrogens with one attached hydrogen (secondary N) is 2. The van der Waals surface area contributed by atoms with Gasteiger partial charge in [-0.05, 0) is 68.0 Å². The van der Waals surface area contributed by atoms with E-state index in [2.05, 4.69) is 16.7 Å². The molecule has 8 nitrogen and oxygen atoms in total. The minimum absolute atomic E-state index is 0.0886. The molecule has 0 spiro atoms. The molecule has 204 valence electrons. The van der Waals surface area contributed by atoms with Crippen molar-refractivity contribution in [2.24, 2.45) is 5.92 Å². The molecule has 0 saturated heterocycles. The lowest BCUT2D eigenvalue weighted by molar-refractivity contribution is -0.137. The van der Waals surface area contributed by atoms with Crippen LogP contribution in [-0.4, -0.2) is 32.4 Å². The van der Waals surface area contributed by atoms with Crippen LogP contribution < -0.4 is 10.6 Å². The maximum Gasteiger partial charge on any atom is 0.305 e. The molecular formula is C32H33N5O3. The van der Waals surface area contributed by atoms with Gasteiger partial charge >= 0.3 is 5.97 Å². The zero-order valence-electron chi connectivity index (χ0n) is 22.8. The Bertz CT molecular complexity index is 1570. The molecule has 1 aliphatic carbocycles. The predicted octanol–water partition coefficient (Wildman–Crippen LogP) is 6.39. The first-order chi connectivity index (χ1) is 19.3. The van der Waals surface area contributed by atoms with Crippen molar-refractivity contribution in [3.8, 4) is 17.3 Å².